The molecule has 0 fully saturated rings. The van der Waals surface area contributed by atoms with Gasteiger partial charge in [-0.25, -0.2) is 9.18 Å². The molecular weight excluding hydrogens is 187 g/mol. The summed E-state index contributed by atoms with van der Waals surface area (Å²) in [5.74, 6) is -2.96. The van der Waals surface area contributed by atoms with E-state index in [4.69, 9.17) is 5.11 Å². The average molecular weight is 196 g/mol. The summed E-state index contributed by atoms with van der Waals surface area (Å²) in [4.78, 5) is 21.4. The number of hydrogen-bond donors (Lipinski definition) is 1. The molecule has 0 saturated heterocycles. The molecule has 0 spiro atoms. The van der Waals surface area contributed by atoms with Crippen LogP contribution in [0.4, 0.5) is 4.39 Å². The van der Waals surface area contributed by atoms with Gasteiger partial charge in [-0.05, 0) is 37.1 Å². The van der Waals surface area contributed by atoms with Gasteiger partial charge in [0, 0.05) is 5.56 Å². The van der Waals surface area contributed by atoms with Crippen molar-refractivity contribution in [3.8, 4) is 0 Å². The largest absolute Gasteiger partial charge is 0.475 e. The number of benzene rings is 1. The zero-order chi connectivity index (χ0) is 10.9. The number of carbonyl (C=O) groups is 2. The van der Waals surface area contributed by atoms with Crippen molar-refractivity contribution in [3.05, 3.63) is 34.6 Å². The summed E-state index contributed by atoms with van der Waals surface area (Å²) in [5, 5.41) is 8.44. The molecule has 1 aromatic carbocycles. The molecule has 1 rings (SSSR count). The van der Waals surface area contributed by atoms with Gasteiger partial charge in [0.15, 0.2) is 0 Å². The smallest absolute Gasteiger partial charge is 0.377 e. The Kier molecular flexibility index (Phi) is 2.65. The van der Waals surface area contributed by atoms with Gasteiger partial charge in [0.25, 0.3) is 5.78 Å². The molecule has 0 heterocycles. The lowest BCUT2D eigenvalue weighted by atomic mass is 10.0. The van der Waals surface area contributed by atoms with E-state index in [9.17, 15) is 14.0 Å². The van der Waals surface area contributed by atoms with Crippen LogP contribution in [0.3, 0.4) is 0 Å². The Hall–Kier alpha value is -1.71. The van der Waals surface area contributed by atoms with E-state index in [2.05, 4.69) is 0 Å². The van der Waals surface area contributed by atoms with E-state index in [1.54, 1.807) is 0 Å². The number of carboxylic acids is 1. The van der Waals surface area contributed by atoms with Crippen molar-refractivity contribution in [2.45, 2.75) is 13.8 Å². The first-order valence-electron chi connectivity index (χ1n) is 3.98. The second kappa shape index (κ2) is 3.57. The third kappa shape index (κ3) is 1.79. The van der Waals surface area contributed by atoms with Gasteiger partial charge < -0.3 is 5.11 Å². The molecule has 74 valence electrons. The molecule has 14 heavy (non-hydrogen) atoms. The maximum atomic E-state index is 13.1. The number of carbonyl (C=O) groups excluding carboxylic acids is 1. The number of aliphatic carboxylic acids is 1. The summed E-state index contributed by atoms with van der Waals surface area (Å²) in [5.41, 5.74) is 0.554. The minimum Gasteiger partial charge on any atom is -0.475 e. The molecular formula is C10H9FO3. The molecule has 0 saturated carbocycles. The first-order valence-corrected chi connectivity index (χ1v) is 3.98. The SMILES string of the molecule is Cc1cc(C(=O)C(=O)O)cc(C)c1F. The molecule has 1 aromatic rings. The highest BCUT2D eigenvalue weighted by molar-refractivity contribution is 6.39. The fourth-order valence-corrected chi connectivity index (χ4v) is 1.20. The molecule has 3 nitrogen and oxygen atoms in total. The number of hydrogen-bond acceptors (Lipinski definition) is 2. The van der Waals surface area contributed by atoms with E-state index in [1.165, 1.54) is 26.0 Å². The quantitative estimate of drug-likeness (QED) is 0.578. The Morgan fingerprint density at radius 1 is 1.21 bits per heavy atom. The van der Waals surface area contributed by atoms with Crippen LogP contribution in [-0.4, -0.2) is 16.9 Å². The van der Waals surface area contributed by atoms with Gasteiger partial charge in [0.2, 0.25) is 0 Å². The van der Waals surface area contributed by atoms with Crippen molar-refractivity contribution in [2.75, 3.05) is 0 Å². The molecule has 0 radical (unpaired) electrons. The van der Waals surface area contributed by atoms with Crippen LogP contribution in [-0.2, 0) is 4.79 Å². The van der Waals surface area contributed by atoms with Crippen LogP contribution in [0.5, 0.6) is 0 Å². The lowest BCUT2D eigenvalue weighted by Crippen LogP contribution is -2.13. The van der Waals surface area contributed by atoms with Crippen molar-refractivity contribution < 1.29 is 19.1 Å². The topological polar surface area (TPSA) is 54.4 Å². The molecule has 1 N–H and O–H groups in total. The van der Waals surface area contributed by atoms with Gasteiger partial charge in [-0.15, -0.1) is 0 Å². The van der Waals surface area contributed by atoms with Crippen LogP contribution in [0, 0.1) is 19.7 Å². The van der Waals surface area contributed by atoms with Crippen molar-refractivity contribution in [1.29, 1.82) is 0 Å². The van der Waals surface area contributed by atoms with Crippen LogP contribution in [0.1, 0.15) is 21.5 Å². The molecule has 0 amide bonds. The number of ketones is 1. The predicted molar refractivity (Wildman–Crippen MR) is 47.8 cm³/mol. The van der Waals surface area contributed by atoms with E-state index < -0.39 is 17.6 Å². The van der Waals surface area contributed by atoms with E-state index in [-0.39, 0.29) is 16.7 Å². The zero-order valence-corrected chi connectivity index (χ0v) is 7.80. The Morgan fingerprint density at radius 2 is 1.64 bits per heavy atom. The van der Waals surface area contributed by atoms with E-state index in [0.717, 1.165) is 0 Å². The second-order valence-electron chi connectivity index (χ2n) is 3.06. The standard InChI is InChI=1S/C10H9FO3/c1-5-3-7(9(12)10(13)14)4-6(2)8(5)11/h3-4H,1-2H3,(H,13,14). The lowest BCUT2D eigenvalue weighted by Gasteiger charge is -2.03. The first-order chi connectivity index (χ1) is 6.43. The third-order valence-electron chi connectivity index (χ3n) is 1.89. The summed E-state index contributed by atoms with van der Waals surface area (Å²) in [6.45, 7) is 2.97. The Labute approximate surface area is 80.2 Å². The van der Waals surface area contributed by atoms with Crippen molar-refractivity contribution in [3.63, 3.8) is 0 Å². The molecule has 4 heteroatoms. The van der Waals surface area contributed by atoms with E-state index >= 15 is 0 Å². The number of Topliss-reactive ketones (excluding diaryl/α,β-unsaturated/α-hetero) is 1. The van der Waals surface area contributed by atoms with Crippen LogP contribution >= 0.6 is 0 Å². The maximum absolute atomic E-state index is 13.1. The molecule has 0 aliphatic rings. The molecule has 0 aliphatic carbocycles. The second-order valence-corrected chi connectivity index (χ2v) is 3.06. The van der Waals surface area contributed by atoms with Crippen molar-refractivity contribution in [1.82, 2.24) is 0 Å². The maximum Gasteiger partial charge on any atom is 0.377 e. The Balaban J connectivity index is 3.26. The van der Waals surface area contributed by atoms with E-state index in [0.29, 0.717) is 0 Å². The lowest BCUT2D eigenvalue weighted by molar-refractivity contribution is -0.131. The van der Waals surface area contributed by atoms with Crippen molar-refractivity contribution in [2.24, 2.45) is 0 Å². The van der Waals surface area contributed by atoms with Gasteiger partial charge in [0.1, 0.15) is 5.82 Å². The van der Waals surface area contributed by atoms with Crippen molar-refractivity contribution >= 4 is 11.8 Å². The fourth-order valence-electron chi connectivity index (χ4n) is 1.20. The van der Waals surface area contributed by atoms with Gasteiger partial charge in [0.05, 0.1) is 0 Å². The predicted octanol–water partition coefficient (Wildman–Crippen LogP) is 1.71. The number of aryl methyl sites for hydroxylation is 2. The minimum absolute atomic E-state index is 0.00824. The molecule has 0 atom stereocenters. The number of halogens is 1. The highest BCUT2D eigenvalue weighted by Gasteiger charge is 2.16. The first kappa shape index (κ1) is 10.4. The molecule has 0 bridgehead atoms. The van der Waals surface area contributed by atoms with Gasteiger partial charge in [-0.1, -0.05) is 0 Å². The normalized spacial score (nSPS) is 9.93. The summed E-state index contributed by atoms with van der Waals surface area (Å²) in [7, 11) is 0. The summed E-state index contributed by atoms with van der Waals surface area (Å²) in [6.07, 6.45) is 0. The zero-order valence-electron chi connectivity index (χ0n) is 7.80. The minimum atomic E-state index is -1.53. The van der Waals surface area contributed by atoms with Crippen LogP contribution in [0.25, 0.3) is 0 Å². The molecule has 0 aromatic heterocycles. The summed E-state index contributed by atoms with van der Waals surface area (Å²) in [6, 6.07) is 2.47. The summed E-state index contributed by atoms with van der Waals surface area (Å²) < 4.78 is 13.1. The summed E-state index contributed by atoms with van der Waals surface area (Å²) >= 11 is 0. The fraction of sp³-hybridized carbons (Fsp3) is 0.200. The molecule has 0 aliphatic heterocycles. The van der Waals surface area contributed by atoms with Crippen LogP contribution in [0.2, 0.25) is 0 Å². The Morgan fingerprint density at radius 3 is 2.00 bits per heavy atom. The average Bonchev–Trinajstić information content (AvgIpc) is 2.12. The highest BCUT2D eigenvalue weighted by atomic mass is 19.1. The van der Waals surface area contributed by atoms with Crippen LogP contribution < -0.4 is 0 Å². The highest BCUT2D eigenvalue weighted by Crippen LogP contribution is 2.15. The Bertz CT molecular complexity index is 387. The van der Waals surface area contributed by atoms with Gasteiger partial charge in [-0.3, -0.25) is 4.79 Å². The van der Waals surface area contributed by atoms with Crippen LogP contribution in [0.15, 0.2) is 12.1 Å². The van der Waals surface area contributed by atoms with E-state index in [1.807, 2.05) is 0 Å². The number of carboxylic acid groups (broad SMARTS) is 1. The third-order valence-corrected chi connectivity index (χ3v) is 1.89. The molecule has 0 unspecified atom stereocenters. The van der Waals surface area contributed by atoms with Gasteiger partial charge >= 0.3 is 5.97 Å². The van der Waals surface area contributed by atoms with Gasteiger partial charge in [-0.2, -0.15) is 0 Å². The monoisotopic (exact) mass is 196 g/mol. The number of rotatable bonds is 2.